The van der Waals surface area contributed by atoms with E-state index in [1.54, 1.807) is 11.7 Å². The molecule has 1 aromatic rings. The molecule has 0 amide bonds. The molecule has 22 heavy (non-hydrogen) atoms. The molecule has 0 saturated carbocycles. The van der Waals surface area contributed by atoms with Crippen molar-refractivity contribution in [2.75, 3.05) is 26.8 Å². The average Bonchev–Trinajstić information content (AvgIpc) is 3.13. The van der Waals surface area contributed by atoms with Gasteiger partial charge in [-0.1, -0.05) is 0 Å². The fourth-order valence-corrected chi connectivity index (χ4v) is 4.51. The predicted molar refractivity (Wildman–Crippen MR) is 84.8 cm³/mol. The van der Waals surface area contributed by atoms with Crippen LogP contribution >= 0.6 is 12.4 Å². The molecule has 0 spiro atoms. The van der Waals surface area contributed by atoms with E-state index in [9.17, 15) is 8.42 Å². The van der Waals surface area contributed by atoms with Crippen molar-refractivity contribution < 1.29 is 13.2 Å². The molecular formula is C13H23ClN4O3S. The van der Waals surface area contributed by atoms with Crippen molar-refractivity contribution >= 4 is 22.4 Å². The van der Waals surface area contributed by atoms with E-state index in [0.29, 0.717) is 13.2 Å². The van der Waals surface area contributed by atoms with E-state index in [4.69, 9.17) is 4.74 Å². The number of imidazole rings is 1. The summed E-state index contributed by atoms with van der Waals surface area (Å²) >= 11 is 0. The normalized spacial score (nSPS) is 24.2. The molecule has 0 radical (unpaired) electrons. The molecule has 1 atom stereocenters. The molecule has 7 nitrogen and oxygen atoms in total. The molecule has 1 aromatic heterocycles. The smallest absolute Gasteiger partial charge is 0.257 e. The fourth-order valence-electron chi connectivity index (χ4n) is 3.22. The van der Waals surface area contributed by atoms with Crippen LogP contribution in [0.5, 0.6) is 0 Å². The molecule has 2 aliphatic rings. The zero-order valence-electron chi connectivity index (χ0n) is 12.7. The van der Waals surface area contributed by atoms with Crippen molar-refractivity contribution in [3.8, 4) is 0 Å². The van der Waals surface area contributed by atoms with Gasteiger partial charge in [-0.05, 0) is 25.8 Å². The van der Waals surface area contributed by atoms with Gasteiger partial charge in [0.1, 0.15) is 5.82 Å². The molecule has 3 heterocycles. The molecule has 126 valence electrons. The van der Waals surface area contributed by atoms with Crippen LogP contribution in [0.3, 0.4) is 0 Å². The molecule has 0 aliphatic carbocycles. The number of nitrogens with one attached hydrogen (secondary N) is 2. The van der Waals surface area contributed by atoms with Gasteiger partial charge in [0, 0.05) is 26.6 Å². The Morgan fingerprint density at radius 3 is 3.00 bits per heavy atom. The first-order chi connectivity index (χ1) is 10.1. The molecule has 3 rings (SSSR count). The van der Waals surface area contributed by atoms with Crippen molar-refractivity contribution in [1.82, 2.24) is 19.6 Å². The Kier molecular flexibility index (Phi) is 5.50. The highest BCUT2D eigenvalue weighted by Gasteiger charge is 2.35. The standard InChI is InChI=1S/C13H22N4O3S.ClH/c1-20-10-13(5-3-6-15-13)9-16-21(18,19)12-8-14-11-4-2-7-17(11)12;/h8,15-16H,2-7,9-10H2,1H3;1H. The maximum absolute atomic E-state index is 12.5. The first kappa shape index (κ1) is 17.7. The van der Waals surface area contributed by atoms with Gasteiger partial charge in [0.25, 0.3) is 10.0 Å². The van der Waals surface area contributed by atoms with E-state index in [2.05, 4.69) is 15.0 Å². The predicted octanol–water partition coefficient (Wildman–Crippen LogP) is 0.298. The van der Waals surface area contributed by atoms with Crippen LogP contribution in [0.4, 0.5) is 0 Å². The third-order valence-corrected chi connectivity index (χ3v) is 5.71. The number of fused-ring (bicyclic) bond motifs is 1. The molecule has 2 aliphatic heterocycles. The summed E-state index contributed by atoms with van der Waals surface area (Å²) in [6, 6.07) is 0. The van der Waals surface area contributed by atoms with Gasteiger partial charge in [-0.15, -0.1) is 12.4 Å². The highest BCUT2D eigenvalue weighted by atomic mass is 35.5. The third-order valence-electron chi connectivity index (χ3n) is 4.31. The lowest BCUT2D eigenvalue weighted by Gasteiger charge is -2.28. The Hall–Kier alpha value is -0.670. The molecule has 1 fully saturated rings. The van der Waals surface area contributed by atoms with Crippen LogP contribution in [-0.2, 0) is 27.7 Å². The zero-order valence-corrected chi connectivity index (χ0v) is 14.3. The van der Waals surface area contributed by atoms with Gasteiger partial charge < -0.3 is 14.6 Å². The zero-order chi connectivity index (χ0) is 14.9. The van der Waals surface area contributed by atoms with Crippen LogP contribution in [0, 0.1) is 0 Å². The van der Waals surface area contributed by atoms with Crippen LogP contribution in [0.2, 0.25) is 0 Å². The highest BCUT2D eigenvalue weighted by molar-refractivity contribution is 7.89. The Labute approximate surface area is 137 Å². The number of hydrogen-bond acceptors (Lipinski definition) is 5. The summed E-state index contributed by atoms with van der Waals surface area (Å²) in [5.74, 6) is 0.862. The highest BCUT2D eigenvalue weighted by Crippen LogP contribution is 2.22. The van der Waals surface area contributed by atoms with Crippen molar-refractivity contribution in [1.29, 1.82) is 0 Å². The van der Waals surface area contributed by atoms with Crippen molar-refractivity contribution in [3.05, 3.63) is 12.0 Å². The number of hydrogen-bond donors (Lipinski definition) is 2. The summed E-state index contributed by atoms with van der Waals surface area (Å²) in [5.41, 5.74) is -0.296. The number of sulfonamides is 1. The summed E-state index contributed by atoms with van der Waals surface area (Å²) in [4.78, 5) is 4.20. The van der Waals surface area contributed by atoms with E-state index < -0.39 is 10.0 Å². The number of ether oxygens (including phenoxy) is 1. The average molecular weight is 351 g/mol. The maximum atomic E-state index is 12.5. The molecular weight excluding hydrogens is 328 g/mol. The minimum absolute atomic E-state index is 0. The summed E-state index contributed by atoms with van der Waals surface area (Å²) < 4.78 is 34.8. The Balaban J connectivity index is 0.00000176. The lowest BCUT2D eigenvalue weighted by molar-refractivity contribution is 0.122. The summed E-state index contributed by atoms with van der Waals surface area (Å²) in [6.45, 7) is 2.46. The summed E-state index contributed by atoms with van der Waals surface area (Å²) in [5, 5.41) is 3.65. The van der Waals surface area contributed by atoms with Gasteiger partial charge in [-0.3, -0.25) is 0 Å². The van der Waals surface area contributed by atoms with Gasteiger partial charge >= 0.3 is 0 Å². The molecule has 0 bridgehead atoms. The Morgan fingerprint density at radius 1 is 1.50 bits per heavy atom. The lowest BCUT2D eigenvalue weighted by atomic mass is 9.99. The number of nitrogens with zero attached hydrogens (tertiary/aromatic N) is 2. The van der Waals surface area contributed by atoms with Crippen molar-refractivity contribution in [2.45, 2.75) is 42.8 Å². The second kappa shape index (κ2) is 6.84. The minimum Gasteiger partial charge on any atom is -0.383 e. The first-order valence-electron chi connectivity index (χ1n) is 7.34. The number of aryl methyl sites for hydroxylation is 1. The van der Waals surface area contributed by atoms with Crippen LogP contribution < -0.4 is 10.0 Å². The molecule has 1 unspecified atom stereocenters. The van der Waals surface area contributed by atoms with Crippen LogP contribution in [-0.4, -0.2) is 50.3 Å². The topological polar surface area (TPSA) is 85.2 Å². The molecule has 0 aromatic carbocycles. The van der Waals surface area contributed by atoms with Gasteiger partial charge in [0.2, 0.25) is 0 Å². The monoisotopic (exact) mass is 350 g/mol. The van der Waals surface area contributed by atoms with Crippen LogP contribution in [0.25, 0.3) is 0 Å². The van der Waals surface area contributed by atoms with E-state index in [1.165, 1.54) is 6.20 Å². The quantitative estimate of drug-likeness (QED) is 0.770. The fraction of sp³-hybridized carbons (Fsp3) is 0.769. The molecule has 9 heteroatoms. The van der Waals surface area contributed by atoms with Crippen molar-refractivity contribution in [3.63, 3.8) is 0 Å². The van der Waals surface area contributed by atoms with E-state index in [1.807, 2.05) is 0 Å². The number of aromatic nitrogens is 2. The lowest BCUT2D eigenvalue weighted by Crippen LogP contribution is -2.53. The molecule has 1 saturated heterocycles. The first-order valence-corrected chi connectivity index (χ1v) is 8.83. The summed E-state index contributed by atoms with van der Waals surface area (Å²) in [6.07, 6.45) is 5.22. The van der Waals surface area contributed by atoms with Gasteiger partial charge in [-0.25, -0.2) is 18.1 Å². The number of methoxy groups -OCH3 is 1. The summed E-state index contributed by atoms with van der Waals surface area (Å²) in [7, 11) is -1.89. The van der Waals surface area contributed by atoms with Gasteiger partial charge in [0.15, 0.2) is 5.03 Å². The maximum Gasteiger partial charge on any atom is 0.257 e. The van der Waals surface area contributed by atoms with Gasteiger partial charge in [-0.2, -0.15) is 0 Å². The van der Waals surface area contributed by atoms with Crippen LogP contribution in [0.1, 0.15) is 25.1 Å². The largest absolute Gasteiger partial charge is 0.383 e. The second-order valence-electron chi connectivity index (χ2n) is 5.84. The SMILES string of the molecule is COCC1(CNS(=O)(=O)c2cnc3n2CCC3)CCCN1.Cl. The van der Waals surface area contributed by atoms with Crippen molar-refractivity contribution in [2.24, 2.45) is 0 Å². The Bertz CT molecular complexity index is 611. The number of rotatable bonds is 6. The van der Waals surface area contributed by atoms with Gasteiger partial charge in [0.05, 0.1) is 18.3 Å². The Morgan fingerprint density at radius 2 is 2.32 bits per heavy atom. The van der Waals surface area contributed by atoms with E-state index in [-0.39, 0.29) is 23.0 Å². The number of halogens is 1. The van der Waals surface area contributed by atoms with E-state index in [0.717, 1.165) is 44.6 Å². The van der Waals surface area contributed by atoms with E-state index >= 15 is 0 Å². The van der Waals surface area contributed by atoms with Crippen LogP contribution in [0.15, 0.2) is 11.2 Å². The molecule has 2 N–H and O–H groups in total. The minimum atomic E-state index is -3.53. The third kappa shape index (κ3) is 3.30. The second-order valence-corrected chi connectivity index (χ2v) is 7.55.